The molecule has 2 aliphatic heterocycles. The second-order valence-electron chi connectivity index (χ2n) is 11.0. The Hall–Kier alpha value is -4.87. The maximum absolute atomic E-state index is 12.8. The molecule has 0 unspecified atom stereocenters. The van der Waals surface area contributed by atoms with E-state index in [1.54, 1.807) is 18.3 Å². The van der Waals surface area contributed by atoms with E-state index in [2.05, 4.69) is 30.8 Å². The SMILES string of the molecule is O=C1NC(=O)C(=Cc2ccnc(N3CCC(CNCc4cccc(-c5cccc(C(=O)NCc6ccccc6)c5)n4)CC3)n2)S1. The van der Waals surface area contributed by atoms with Gasteiger partial charge >= 0.3 is 0 Å². The fourth-order valence-electron chi connectivity index (χ4n) is 5.33. The normalized spacial score (nSPS) is 16.2. The van der Waals surface area contributed by atoms with Crippen molar-refractivity contribution in [1.82, 2.24) is 30.9 Å². The number of amides is 3. The number of benzene rings is 2. The molecular weight excluding hydrogens is 586 g/mol. The number of hydrogen-bond acceptors (Lipinski definition) is 9. The summed E-state index contributed by atoms with van der Waals surface area (Å²) >= 11 is 0.880. The van der Waals surface area contributed by atoms with Gasteiger partial charge in [0.15, 0.2) is 0 Å². The first-order chi connectivity index (χ1) is 22.0. The lowest BCUT2D eigenvalue weighted by Gasteiger charge is -2.32. The van der Waals surface area contributed by atoms with Gasteiger partial charge in [-0.15, -0.1) is 0 Å². The van der Waals surface area contributed by atoms with Gasteiger partial charge in [0.25, 0.3) is 17.1 Å². The summed E-state index contributed by atoms with van der Waals surface area (Å²) in [6.07, 6.45) is 5.30. The highest BCUT2D eigenvalue weighted by Crippen LogP contribution is 2.26. The van der Waals surface area contributed by atoms with Gasteiger partial charge in [0.05, 0.1) is 22.0 Å². The van der Waals surface area contributed by atoms with Crippen molar-refractivity contribution >= 4 is 40.8 Å². The smallest absolute Gasteiger partial charge is 0.290 e. The second kappa shape index (κ2) is 14.3. The van der Waals surface area contributed by atoms with E-state index in [4.69, 9.17) is 4.98 Å². The van der Waals surface area contributed by atoms with E-state index < -0.39 is 5.91 Å². The Labute approximate surface area is 265 Å². The van der Waals surface area contributed by atoms with Gasteiger partial charge in [-0.1, -0.05) is 48.5 Å². The number of anilines is 1. The van der Waals surface area contributed by atoms with Crippen LogP contribution >= 0.6 is 11.8 Å². The van der Waals surface area contributed by atoms with Crippen LogP contribution in [0, 0.1) is 5.92 Å². The third-order valence-corrected chi connectivity index (χ3v) is 8.56. The van der Waals surface area contributed by atoms with Gasteiger partial charge in [-0.05, 0) is 79.0 Å². The van der Waals surface area contributed by atoms with Crippen LogP contribution in [0.15, 0.2) is 90.0 Å². The first-order valence-electron chi connectivity index (χ1n) is 14.9. The van der Waals surface area contributed by atoms with Crippen LogP contribution in [0.25, 0.3) is 17.3 Å². The average Bonchev–Trinajstić information content (AvgIpc) is 3.40. The summed E-state index contributed by atoms with van der Waals surface area (Å²) in [6.45, 7) is 3.68. The molecule has 2 saturated heterocycles. The summed E-state index contributed by atoms with van der Waals surface area (Å²) in [5.41, 5.74) is 4.93. The molecule has 2 fully saturated rings. The molecule has 3 amide bonds. The first-order valence-corrected chi connectivity index (χ1v) is 15.7. The monoisotopic (exact) mass is 619 g/mol. The highest BCUT2D eigenvalue weighted by atomic mass is 32.2. The maximum Gasteiger partial charge on any atom is 0.290 e. The van der Waals surface area contributed by atoms with Crippen molar-refractivity contribution in [3.8, 4) is 11.3 Å². The number of piperidine rings is 1. The van der Waals surface area contributed by atoms with Gasteiger partial charge in [0, 0.05) is 43.5 Å². The van der Waals surface area contributed by atoms with Crippen molar-refractivity contribution in [3.63, 3.8) is 0 Å². The van der Waals surface area contributed by atoms with Crippen LogP contribution < -0.4 is 20.9 Å². The number of nitrogens with zero attached hydrogens (tertiary/aromatic N) is 4. The standard InChI is InChI=1S/C34H33N7O3S/c42-31(37-21-23-6-2-1-3-7-23)26-9-4-8-25(18-26)29-11-5-10-28(38-29)22-35-20-24-13-16-41(17-14-24)33-36-15-12-27(39-33)19-30-32(43)40-34(44)45-30/h1-12,15,18-19,24,35H,13-14,16-17,20-22H2,(H,37,42)(H,40,43,44). The molecule has 2 aromatic carbocycles. The molecule has 2 aliphatic rings. The molecule has 4 heterocycles. The maximum atomic E-state index is 12.8. The third kappa shape index (κ3) is 8.00. The lowest BCUT2D eigenvalue weighted by atomic mass is 9.97. The Bertz CT molecular complexity index is 1720. The Morgan fingerprint density at radius 3 is 2.58 bits per heavy atom. The van der Waals surface area contributed by atoms with E-state index in [0.717, 1.165) is 66.8 Å². The number of carbonyl (C=O) groups excluding carboxylic acids is 3. The van der Waals surface area contributed by atoms with Crippen molar-refractivity contribution in [3.05, 3.63) is 112 Å². The van der Waals surface area contributed by atoms with Crippen molar-refractivity contribution in [1.29, 1.82) is 0 Å². The molecule has 0 bridgehead atoms. The molecule has 45 heavy (non-hydrogen) atoms. The summed E-state index contributed by atoms with van der Waals surface area (Å²) in [6, 6.07) is 25.1. The van der Waals surface area contributed by atoms with Gasteiger partial charge in [-0.2, -0.15) is 0 Å². The summed E-state index contributed by atoms with van der Waals surface area (Å²) in [7, 11) is 0. The van der Waals surface area contributed by atoms with Crippen LogP contribution in [-0.2, 0) is 17.9 Å². The number of rotatable bonds is 10. The van der Waals surface area contributed by atoms with E-state index in [9.17, 15) is 14.4 Å². The van der Waals surface area contributed by atoms with E-state index >= 15 is 0 Å². The van der Waals surface area contributed by atoms with Crippen LogP contribution in [0.2, 0.25) is 0 Å². The van der Waals surface area contributed by atoms with Crippen LogP contribution in [-0.4, -0.2) is 51.6 Å². The molecule has 4 aromatic rings. The average molecular weight is 620 g/mol. The minimum Gasteiger partial charge on any atom is -0.348 e. The zero-order valence-electron chi connectivity index (χ0n) is 24.6. The Morgan fingerprint density at radius 2 is 1.78 bits per heavy atom. The van der Waals surface area contributed by atoms with E-state index in [1.165, 1.54) is 0 Å². The van der Waals surface area contributed by atoms with Crippen LogP contribution in [0.4, 0.5) is 10.7 Å². The molecule has 6 rings (SSSR count). The molecule has 0 saturated carbocycles. The Kier molecular flexibility index (Phi) is 9.57. The highest BCUT2D eigenvalue weighted by Gasteiger charge is 2.26. The highest BCUT2D eigenvalue weighted by molar-refractivity contribution is 8.18. The molecular formula is C34H33N7O3S. The van der Waals surface area contributed by atoms with E-state index in [0.29, 0.717) is 41.1 Å². The van der Waals surface area contributed by atoms with Crippen LogP contribution in [0.5, 0.6) is 0 Å². The quantitative estimate of drug-likeness (QED) is 0.215. The number of pyridine rings is 1. The van der Waals surface area contributed by atoms with Crippen LogP contribution in [0.1, 0.15) is 40.2 Å². The van der Waals surface area contributed by atoms with Gasteiger partial charge in [0.2, 0.25) is 5.95 Å². The molecule has 0 atom stereocenters. The minimum absolute atomic E-state index is 0.115. The minimum atomic E-state index is -0.395. The number of aromatic nitrogens is 3. The number of nitrogens with one attached hydrogen (secondary N) is 3. The lowest BCUT2D eigenvalue weighted by molar-refractivity contribution is -0.115. The summed E-state index contributed by atoms with van der Waals surface area (Å²) in [4.78, 5) is 52.5. The molecule has 0 radical (unpaired) electrons. The number of hydrogen-bond donors (Lipinski definition) is 3. The topological polar surface area (TPSA) is 129 Å². The van der Waals surface area contributed by atoms with Crippen molar-refractivity contribution in [2.45, 2.75) is 25.9 Å². The van der Waals surface area contributed by atoms with Gasteiger partial charge in [0.1, 0.15) is 0 Å². The summed E-state index contributed by atoms with van der Waals surface area (Å²) in [5, 5.41) is 8.45. The van der Waals surface area contributed by atoms with E-state index in [-0.39, 0.29) is 11.1 Å². The zero-order valence-corrected chi connectivity index (χ0v) is 25.4. The largest absolute Gasteiger partial charge is 0.348 e. The van der Waals surface area contributed by atoms with Crippen molar-refractivity contribution in [2.75, 3.05) is 24.5 Å². The summed E-state index contributed by atoms with van der Waals surface area (Å²) < 4.78 is 0. The second-order valence-corrected chi connectivity index (χ2v) is 12.0. The molecule has 228 valence electrons. The molecule has 2 aromatic heterocycles. The van der Waals surface area contributed by atoms with Gasteiger partial charge in [-0.3, -0.25) is 24.7 Å². The van der Waals surface area contributed by atoms with Crippen molar-refractivity contribution < 1.29 is 14.4 Å². The zero-order chi connectivity index (χ0) is 31.0. The number of thioether (sulfide) groups is 1. The molecule has 10 nitrogen and oxygen atoms in total. The lowest BCUT2D eigenvalue weighted by Crippen LogP contribution is -2.38. The summed E-state index contributed by atoms with van der Waals surface area (Å²) in [5.74, 6) is 0.638. The fraction of sp³-hybridized carbons (Fsp3) is 0.235. The first kappa shape index (κ1) is 30.2. The van der Waals surface area contributed by atoms with Gasteiger partial charge in [-0.25, -0.2) is 9.97 Å². The van der Waals surface area contributed by atoms with E-state index in [1.807, 2.05) is 72.8 Å². The predicted octanol–water partition coefficient (Wildman–Crippen LogP) is 4.80. The molecule has 0 aliphatic carbocycles. The fourth-order valence-corrected chi connectivity index (χ4v) is 6.00. The Morgan fingerprint density at radius 1 is 0.956 bits per heavy atom. The van der Waals surface area contributed by atoms with Crippen LogP contribution in [0.3, 0.4) is 0 Å². The predicted molar refractivity (Wildman–Crippen MR) is 175 cm³/mol. The Balaban J connectivity index is 0.982. The third-order valence-electron chi connectivity index (χ3n) is 7.75. The number of imide groups is 1. The number of carbonyl (C=O) groups is 3. The molecule has 11 heteroatoms. The molecule has 3 N–H and O–H groups in total. The molecule has 0 spiro atoms. The van der Waals surface area contributed by atoms with Crippen molar-refractivity contribution in [2.24, 2.45) is 5.92 Å². The van der Waals surface area contributed by atoms with Gasteiger partial charge < -0.3 is 15.5 Å².